The summed E-state index contributed by atoms with van der Waals surface area (Å²) in [7, 11) is -0.315. The van der Waals surface area contributed by atoms with E-state index in [9.17, 15) is 22.8 Å². The number of benzene rings is 1. The van der Waals surface area contributed by atoms with Crippen LogP contribution in [0.4, 0.5) is 5.00 Å². The van der Waals surface area contributed by atoms with Gasteiger partial charge in [-0.25, -0.2) is 18.0 Å². The molecule has 1 heterocycles. The molecule has 1 N–H and O–H groups in total. The van der Waals surface area contributed by atoms with E-state index >= 15 is 0 Å². The van der Waals surface area contributed by atoms with Gasteiger partial charge in [0.05, 0.1) is 30.2 Å². The van der Waals surface area contributed by atoms with Crippen molar-refractivity contribution in [1.29, 1.82) is 0 Å². The van der Waals surface area contributed by atoms with Crippen molar-refractivity contribution >= 4 is 44.2 Å². The average molecular weight is 471 g/mol. The van der Waals surface area contributed by atoms with Crippen LogP contribution in [-0.4, -0.2) is 58.6 Å². The van der Waals surface area contributed by atoms with E-state index in [1.807, 2.05) is 0 Å². The molecule has 0 unspecified atom stereocenters. The maximum absolute atomic E-state index is 12.3. The van der Waals surface area contributed by atoms with Gasteiger partial charge < -0.3 is 14.8 Å². The lowest BCUT2D eigenvalue weighted by Gasteiger charge is -2.14. The minimum Gasteiger partial charge on any atom is -0.465 e. The Morgan fingerprint density at radius 1 is 1.13 bits per heavy atom. The van der Waals surface area contributed by atoms with Crippen LogP contribution in [0.5, 0.6) is 0 Å². The zero-order valence-electron chi connectivity index (χ0n) is 17.5. The monoisotopic (exact) mass is 470 g/mol. The number of carbonyl (C=O) groups excluding carboxylic acids is 3. The Bertz CT molecular complexity index is 1110. The first-order valence-corrected chi connectivity index (χ1v) is 11.1. The van der Waals surface area contributed by atoms with E-state index in [4.69, 9.17) is 14.3 Å². The van der Waals surface area contributed by atoms with Gasteiger partial charge in [-0.05, 0) is 37.6 Å². The Balaban J connectivity index is 2.09. The first kappa shape index (κ1) is 24.5. The van der Waals surface area contributed by atoms with E-state index in [0.717, 1.165) is 10.9 Å². The van der Waals surface area contributed by atoms with Crippen LogP contribution >= 0.6 is 11.3 Å². The molecule has 31 heavy (non-hydrogen) atoms. The predicted octanol–water partition coefficient (Wildman–Crippen LogP) is 2.13. The molecule has 0 aliphatic heterocycles. The highest BCUT2D eigenvalue weighted by Crippen LogP contribution is 2.32. The summed E-state index contributed by atoms with van der Waals surface area (Å²) in [6, 6.07) is 5.14. The summed E-state index contributed by atoms with van der Waals surface area (Å²) >= 11 is 1.20. The Morgan fingerprint density at radius 3 is 2.42 bits per heavy atom. The van der Waals surface area contributed by atoms with Gasteiger partial charge in [0.25, 0.3) is 15.9 Å². The zero-order chi connectivity index (χ0) is 23.3. The molecule has 2 rings (SSSR count). The number of nitrogens with one attached hydrogen (secondary N) is 1. The van der Waals surface area contributed by atoms with E-state index in [2.05, 4.69) is 5.32 Å². The van der Waals surface area contributed by atoms with E-state index in [0.29, 0.717) is 15.0 Å². The van der Waals surface area contributed by atoms with Gasteiger partial charge in [0.2, 0.25) is 0 Å². The van der Waals surface area contributed by atoms with Gasteiger partial charge in [-0.3, -0.25) is 9.63 Å². The molecule has 0 spiro atoms. The maximum Gasteiger partial charge on any atom is 0.341 e. The van der Waals surface area contributed by atoms with Crippen molar-refractivity contribution in [2.75, 3.05) is 33.2 Å². The smallest absolute Gasteiger partial charge is 0.341 e. The molecule has 168 valence electrons. The number of aryl methyl sites for hydroxylation is 1. The Hall–Kier alpha value is -2.80. The summed E-state index contributed by atoms with van der Waals surface area (Å²) in [6.45, 7) is 2.89. The van der Waals surface area contributed by atoms with Crippen LogP contribution in [0.3, 0.4) is 0 Å². The molecule has 0 aliphatic rings. The minimum atomic E-state index is -3.95. The van der Waals surface area contributed by atoms with E-state index in [1.54, 1.807) is 13.8 Å². The molecule has 0 atom stereocenters. The number of anilines is 1. The molecular weight excluding hydrogens is 448 g/mol. The van der Waals surface area contributed by atoms with Gasteiger partial charge >= 0.3 is 11.9 Å². The molecule has 12 heteroatoms. The van der Waals surface area contributed by atoms with Crippen molar-refractivity contribution in [1.82, 2.24) is 4.47 Å². The van der Waals surface area contributed by atoms with Crippen LogP contribution < -0.4 is 5.32 Å². The fraction of sp³-hybridized carbons (Fsp3) is 0.316. The largest absolute Gasteiger partial charge is 0.465 e. The summed E-state index contributed by atoms with van der Waals surface area (Å²) in [6.07, 6.45) is 0. The standard InChI is InChI=1S/C19H22N2O8S2/c1-11-12(2)30-17(16(11)19(24)27-4)20-15(22)10-29-18(23)13-7-6-8-14(9-13)31(25,26)21(3)28-5/h6-9H,10H2,1-5H3,(H,20,22). The Morgan fingerprint density at radius 2 is 1.81 bits per heavy atom. The third-order valence-electron chi connectivity index (χ3n) is 4.33. The summed E-state index contributed by atoms with van der Waals surface area (Å²) in [5.41, 5.74) is 0.865. The van der Waals surface area contributed by atoms with Crippen molar-refractivity contribution < 1.29 is 37.1 Å². The van der Waals surface area contributed by atoms with Crippen LogP contribution in [0.15, 0.2) is 29.2 Å². The summed E-state index contributed by atoms with van der Waals surface area (Å²) in [5.74, 6) is -2.14. The SMILES string of the molecule is COC(=O)c1c(NC(=O)COC(=O)c2cccc(S(=O)(=O)N(C)OC)c2)sc(C)c1C. The normalized spacial score (nSPS) is 11.3. The lowest BCUT2D eigenvalue weighted by atomic mass is 10.1. The molecule has 0 fully saturated rings. The minimum absolute atomic E-state index is 0.0589. The first-order chi connectivity index (χ1) is 14.5. The summed E-state index contributed by atoms with van der Waals surface area (Å²) in [4.78, 5) is 41.8. The third-order valence-corrected chi connectivity index (χ3v) is 7.12. The number of sulfonamides is 1. The van der Waals surface area contributed by atoms with Gasteiger partial charge in [0.1, 0.15) is 5.00 Å². The van der Waals surface area contributed by atoms with Crippen molar-refractivity contribution in [2.24, 2.45) is 0 Å². The third kappa shape index (κ3) is 5.47. The number of methoxy groups -OCH3 is 1. The summed E-state index contributed by atoms with van der Waals surface area (Å²) < 4.78 is 35.0. The van der Waals surface area contributed by atoms with E-state index in [-0.39, 0.29) is 16.0 Å². The molecule has 1 aromatic carbocycles. The number of thiophene rings is 1. The molecule has 1 aromatic heterocycles. The lowest BCUT2D eigenvalue weighted by molar-refractivity contribution is -0.119. The molecule has 0 saturated heterocycles. The number of esters is 2. The van der Waals surface area contributed by atoms with Gasteiger partial charge in [0.15, 0.2) is 6.61 Å². The predicted molar refractivity (Wildman–Crippen MR) is 112 cm³/mol. The second-order valence-corrected chi connectivity index (χ2v) is 9.39. The van der Waals surface area contributed by atoms with Crippen molar-refractivity contribution in [2.45, 2.75) is 18.7 Å². The van der Waals surface area contributed by atoms with Gasteiger partial charge in [0, 0.05) is 11.9 Å². The second kappa shape index (κ2) is 10.0. The number of rotatable bonds is 8. The molecule has 1 amide bonds. The average Bonchev–Trinajstić information content (AvgIpc) is 3.03. The number of nitrogens with zero attached hydrogens (tertiary/aromatic N) is 1. The van der Waals surface area contributed by atoms with Gasteiger partial charge in [-0.2, -0.15) is 0 Å². The fourth-order valence-corrected chi connectivity index (χ4v) is 4.55. The fourth-order valence-electron chi connectivity index (χ4n) is 2.47. The quantitative estimate of drug-likeness (QED) is 0.459. The topological polar surface area (TPSA) is 128 Å². The van der Waals surface area contributed by atoms with Crippen molar-refractivity contribution in [3.63, 3.8) is 0 Å². The van der Waals surface area contributed by atoms with Crippen LogP contribution in [0.1, 0.15) is 31.2 Å². The molecular formula is C19H22N2O8S2. The highest BCUT2D eigenvalue weighted by atomic mass is 32.2. The van der Waals surface area contributed by atoms with Gasteiger partial charge in [-0.1, -0.05) is 10.5 Å². The van der Waals surface area contributed by atoms with Crippen LogP contribution in [-0.2, 0) is 29.1 Å². The van der Waals surface area contributed by atoms with Crippen LogP contribution in [0.25, 0.3) is 0 Å². The molecule has 0 bridgehead atoms. The molecule has 10 nitrogen and oxygen atoms in total. The highest BCUT2D eigenvalue weighted by molar-refractivity contribution is 7.89. The number of hydroxylamine groups is 1. The highest BCUT2D eigenvalue weighted by Gasteiger charge is 2.24. The van der Waals surface area contributed by atoms with Gasteiger partial charge in [-0.15, -0.1) is 11.3 Å². The van der Waals surface area contributed by atoms with Crippen molar-refractivity contribution in [3.05, 3.63) is 45.8 Å². The van der Waals surface area contributed by atoms with E-state index < -0.39 is 34.5 Å². The van der Waals surface area contributed by atoms with Crippen molar-refractivity contribution in [3.8, 4) is 0 Å². The van der Waals surface area contributed by atoms with Crippen LogP contribution in [0.2, 0.25) is 0 Å². The molecule has 0 aliphatic carbocycles. The number of ether oxygens (including phenoxy) is 2. The second-order valence-electron chi connectivity index (χ2n) is 6.23. The number of hydrogen-bond acceptors (Lipinski definition) is 9. The Kier molecular flexibility index (Phi) is 7.90. The maximum atomic E-state index is 12.3. The van der Waals surface area contributed by atoms with Crippen LogP contribution in [0, 0.1) is 13.8 Å². The molecule has 0 radical (unpaired) electrons. The zero-order valence-corrected chi connectivity index (χ0v) is 19.2. The lowest BCUT2D eigenvalue weighted by Crippen LogP contribution is -2.26. The first-order valence-electron chi connectivity index (χ1n) is 8.81. The number of carbonyl (C=O) groups is 3. The molecule has 0 saturated carbocycles. The molecule has 2 aromatic rings. The Labute approximate surface area is 183 Å². The number of amides is 1. The van der Waals surface area contributed by atoms with E-state index in [1.165, 1.54) is 50.8 Å². The number of hydrogen-bond donors (Lipinski definition) is 1. The summed E-state index contributed by atoms with van der Waals surface area (Å²) in [5, 5.41) is 2.83.